The van der Waals surface area contributed by atoms with E-state index in [0.29, 0.717) is 0 Å². The van der Waals surface area contributed by atoms with Gasteiger partial charge in [-0.25, -0.2) is 0 Å². The molecule has 0 bridgehead atoms. The number of amides is 1. The molecule has 1 aromatic heterocycles. The number of aromatic nitrogens is 2. The van der Waals surface area contributed by atoms with Gasteiger partial charge in [0.25, 0.3) is 5.91 Å². The molecular formula is C20H26N4O. The quantitative estimate of drug-likeness (QED) is 0.933. The predicted molar refractivity (Wildman–Crippen MR) is 97.3 cm³/mol. The molecule has 1 fully saturated rings. The largest absolute Gasteiger partial charge is 0.345 e. The Morgan fingerprint density at radius 2 is 2.12 bits per heavy atom. The van der Waals surface area contributed by atoms with Crippen LogP contribution in [-0.2, 0) is 20.0 Å². The summed E-state index contributed by atoms with van der Waals surface area (Å²) in [4.78, 5) is 15.2. The Kier molecular flexibility index (Phi) is 4.57. The fraction of sp³-hybridized carbons (Fsp3) is 0.500. The molecule has 5 nitrogen and oxygen atoms in total. The monoisotopic (exact) mass is 338 g/mol. The summed E-state index contributed by atoms with van der Waals surface area (Å²) in [6.45, 7) is 3.28. The summed E-state index contributed by atoms with van der Waals surface area (Å²) in [6.07, 6.45) is 7.68. The van der Waals surface area contributed by atoms with Crippen LogP contribution in [0.5, 0.6) is 0 Å². The van der Waals surface area contributed by atoms with Gasteiger partial charge in [0.15, 0.2) is 0 Å². The average Bonchev–Trinajstić information content (AvgIpc) is 3.24. The van der Waals surface area contributed by atoms with Crippen LogP contribution in [0.2, 0.25) is 0 Å². The molecule has 1 amide bonds. The lowest BCUT2D eigenvalue weighted by molar-refractivity contribution is 0.0932. The van der Waals surface area contributed by atoms with Crippen LogP contribution in [0.25, 0.3) is 0 Å². The van der Waals surface area contributed by atoms with Gasteiger partial charge in [0, 0.05) is 30.9 Å². The van der Waals surface area contributed by atoms with Crippen LogP contribution in [0.4, 0.5) is 0 Å². The van der Waals surface area contributed by atoms with E-state index in [1.54, 1.807) is 0 Å². The van der Waals surface area contributed by atoms with E-state index in [-0.39, 0.29) is 11.9 Å². The third-order valence-corrected chi connectivity index (χ3v) is 5.32. The highest BCUT2D eigenvalue weighted by molar-refractivity contribution is 5.94. The van der Waals surface area contributed by atoms with Crippen molar-refractivity contribution in [2.75, 3.05) is 13.1 Å². The molecular weight excluding hydrogens is 312 g/mol. The number of aryl methyl sites for hydroxylation is 2. The number of nitrogens with zero attached hydrogens (tertiary/aromatic N) is 3. The summed E-state index contributed by atoms with van der Waals surface area (Å²) in [6, 6.07) is 8.15. The number of hydrogen-bond donors (Lipinski definition) is 1. The molecule has 25 heavy (non-hydrogen) atoms. The van der Waals surface area contributed by atoms with Crippen LogP contribution in [0.3, 0.4) is 0 Å². The van der Waals surface area contributed by atoms with Gasteiger partial charge in [-0.1, -0.05) is 12.1 Å². The molecule has 1 atom stereocenters. The third kappa shape index (κ3) is 3.61. The Balaban J connectivity index is 1.46. The minimum Gasteiger partial charge on any atom is -0.345 e. The Morgan fingerprint density at radius 1 is 1.28 bits per heavy atom. The second-order valence-corrected chi connectivity index (χ2v) is 7.31. The van der Waals surface area contributed by atoms with Gasteiger partial charge in [0.1, 0.15) is 0 Å². The first-order valence-corrected chi connectivity index (χ1v) is 9.33. The molecule has 2 heterocycles. The third-order valence-electron chi connectivity index (χ3n) is 5.32. The van der Waals surface area contributed by atoms with Crippen molar-refractivity contribution in [3.8, 4) is 0 Å². The summed E-state index contributed by atoms with van der Waals surface area (Å²) in [5.41, 5.74) is 4.28. The van der Waals surface area contributed by atoms with Crippen molar-refractivity contribution in [3.05, 3.63) is 52.8 Å². The molecule has 1 aliphatic heterocycles. The number of benzene rings is 1. The summed E-state index contributed by atoms with van der Waals surface area (Å²) >= 11 is 0. The number of likely N-dealkylation sites (tertiary alicyclic amines) is 1. The minimum atomic E-state index is 0.0185. The molecule has 1 aromatic carbocycles. The molecule has 5 heteroatoms. The summed E-state index contributed by atoms with van der Waals surface area (Å²) < 4.78 is 1.85. The maximum absolute atomic E-state index is 12.8. The van der Waals surface area contributed by atoms with Crippen molar-refractivity contribution in [2.45, 2.75) is 44.7 Å². The van der Waals surface area contributed by atoms with Gasteiger partial charge in [-0.15, -0.1) is 0 Å². The molecule has 4 rings (SSSR count). The minimum absolute atomic E-state index is 0.0185. The van der Waals surface area contributed by atoms with E-state index in [4.69, 9.17) is 0 Å². The van der Waals surface area contributed by atoms with E-state index in [1.807, 2.05) is 36.1 Å². The van der Waals surface area contributed by atoms with E-state index >= 15 is 0 Å². The number of hydrogen-bond acceptors (Lipinski definition) is 3. The number of rotatable bonds is 4. The highest BCUT2D eigenvalue weighted by Gasteiger charge is 2.25. The van der Waals surface area contributed by atoms with Crippen LogP contribution in [-0.4, -0.2) is 33.7 Å². The number of fused-ring (bicyclic) bond motifs is 1. The fourth-order valence-corrected chi connectivity index (χ4v) is 4.07. The topological polar surface area (TPSA) is 50.2 Å². The Morgan fingerprint density at radius 3 is 2.96 bits per heavy atom. The molecule has 0 spiro atoms. The zero-order chi connectivity index (χ0) is 17.2. The Bertz CT molecular complexity index is 761. The van der Waals surface area contributed by atoms with Crippen LogP contribution in [0, 0.1) is 0 Å². The second kappa shape index (κ2) is 7.00. The predicted octanol–water partition coefficient (Wildman–Crippen LogP) is 2.82. The second-order valence-electron chi connectivity index (χ2n) is 7.31. The highest BCUT2D eigenvalue weighted by atomic mass is 16.1. The van der Waals surface area contributed by atoms with Crippen LogP contribution in [0.1, 0.15) is 58.9 Å². The van der Waals surface area contributed by atoms with Crippen molar-refractivity contribution < 1.29 is 4.79 Å². The van der Waals surface area contributed by atoms with Crippen molar-refractivity contribution in [3.63, 3.8) is 0 Å². The van der Waals surface area contributed by atoms with Gasteiger partial charge in [-0.2, -0.15) is 5.10 Å². The molecule has 0 radical (unpaired) electrons. The van der Waals surface area contributed by atoms with E-state index in [0.717, 1.165) is 37.1 Å². The number of carbonyl (C=O) groups excluding carboxylic acids is 1. The first-order valence-electron chi connectivity index (χ1n) is 9.33. The average molecular weight is 338 g/mol. The zero-order valence-electron chi connectivity index (χ0n) is 14.9. The van der Waals surface area contributed by atoms with Crippen LogP contribution < -0.4 is 5.32 Å². The summed E-state index contributed by atoms with van der Waals surface area (Å²) in [5.74, 6) is 0.0185. The molecule has 1 saturated heterocycles. The maximum atomic E-state index is 12.8. The fourth-order valence-electron chi connectivity index (χ4n) is 4.07. The van der Waals surface area contributed by atoms with Crippen molar-refractivity contribution in [1.29, 1.82) is 0 Å². The first kappa shape index (κ1) is 16.3. The molecule has 2 aromatic rings. The number of carbonyl (C=O) groups is 1. The maximum Gasteiger partial charge on any atom is 0.251 e. The highest BCUT2D eigenvalue weighted by Crippen LogP contribution is 2.29. The van der Waals surface area contributed by atoms with Crippen molar-refractivity contribution >= 4 is 5.91 Å². The molecule has 1 aliphatic carbocycles. The normalized spacial score (nSPS) is 20.4. The van der Waals surface area contributed by atoms with E-state index in [9.17, 15) is 4.79 Å². The Labute approximate surface area is 149 Å². The lowest BCUT2D eigenvalue weighted by Gasteiger charge is -2.23. The SMILES string of the molecule is Cn1cc2c(n1)CCCC2NC(=O)c1cccc(CN2CCCC2)c1. The summed E-state index contributed by atoms with van der Waals surface area (Å²) in [7, 11) is 1.94. The first-order chi connectivity index (χ1) is 12.2. The van der Waals surface area contributed by atoms with Crippen molar-refractivity contribution in [1.82, 2.24) is 20.0 Å². The van der Waals surface area contributed by atoms with E-state index in [1.165, 1.54) is 37.1 Å². The van der Waals surface area contributed by atoms with Crippen molar-refractivity contribution in [2.24, 2.45) is 7.05 Å². The van der Waals surface area contributed by atoms with Gasteiger partial charge in [0.2, 0.25) is 0 Å². The molecule has 2 aliphatic rings. The summed E-state index contributed by atoms with van der Waals surface area (Å²) in [5, 5.41) is 7.73. The van der Waals surface area contributed by atoms with Gasteiger partial charge < -0.3 is 5.32 Å². The van der Waals surface area contributed by atoms with E-state index in [2.05, 4.69) is 21.4 Å². The van der Waals surface area contributed by atoms with E-state index < -0.39 is 0 Å². The van der Waals surface area contributed by atoms with Gasteiger partial charge in [-0.3, -0.25) is 14.4 Å². The molecule has 0 saturated carbocycles. The standard InChI is InChI=1S/C20H26N4O/c1-23-14-17-18(8-5-9-19(17)22-23)21-20(25)16-7-4-6-15(12-16)13-24-10-2-3-11-24/h4,6-7,12,14,18H,2-3,5,8-11,13H2,1H3,(H,21,25). The lowest BCUT2D eigenvalue weighted by atomic mass is 9.93. The molecule has 1 unspecified atom stereocenters. The van der Waals surface area contributed by atoms with Crippen LogP contribution in [0.15, 0.2) is 30.5 Å². The Hall–Kier alpha value is -2.14. The molecule has 1 N–H and O–H groups in total. The lowest BCUT2D eigenvalue weighted by Crippen LogP contribution is -2.30. The number of nitrogens with one attached hydrogen (secondary N) is 1. The van der Waals surface area contributed by atoms with Crippen LogP contribution >= 0.6 is 0 Å². The van der Waals surface area contributed by atoms with Gasteiger partial charge >= 0.3 is 0 Å². The van der Waals surface area contributed by atoms with Gasteiger partial charge in [-0.05, 0) is 62.9 Å². The smallest absolute Gasteiger partial charge is 0.251 e. The van der Waals surface area contributed by atoms with Gasteiger partial charge in [0.05, 0.1) is 11.7 Å². The molecule has 132 valence electrons. The zero-order valence-corrected chi connectivity index (χ0v) is 14.9.